The zero-order chi connectivity index (χ0) is 30.8. The summed E-state index contributed by atoms with van der Waals surface area (Å²) >= 11 is 0. The van der Waals surface area contributed by atoms with Crippen molar-refractivity contribution >= 4 is 39.2 Å². The van der Waals surface area contributed by atoms with Gasteiger partial charge in [0.15, 0.2) is 0 Å². The maximum atomic E-state index is 4.41. The molecule has 46 heavy (non-hydrogen) atoms. The molecule has 0 saturated carbocycles. The molecule has 4 nitrogen and oxygen atoms in total. The molecule has 1 radical (unpaired) electrons. The van der Waals surface area contributed by atoms with E-state index in [1.165, 1.54) is 33.0 Å². The summed E-state index contributed by atoms with van der Waals surface area (Å²) in [6.07, 6.45) is 5.94. The van der Waals surface area contributed by atoms with Crippen LogP contribution in [-0.2, 0) is 20.1 Å². The largest absolute Gasteiger partial charge is 0.499 e. The van der Waals surface area contributed by atoms with Gasteiger partial charge in [0.2, 0.25) is 5.69 Å². The summed E-state index contributed by atoms with van der Waals surface area (Å²) in [5.74, 6) is 0. The van der Waals surface area contributed by atoms with Gasteiger partial charge in [-0.05, 0) is 54.2 Å². The number of nitrogens with zero attached hydrogens (tertiary/aromatic N) is 4. The first-order valence-corrected chi connectivity index (χ1v) is 15.1. The number of aromatic nitrogens is 2. The number of hydrogen-bond acceptors (Lipinski definition) is 1. The molecule has 0 bridgehead atoms. The second-order valence-corrected chi connectivity index (χ2v) is 11.2. The number of hydrogen-bond donors (Lipinski definition) is 0. The van der Waals surface area contributed by atoms with Crippen LogP contribution in [0.3, 0.4) is 0 Å². The van der Waals surface area contributed by atoms with E-state index in [2.05, 4.69) is 139 Å². The third-order valence-electron chi connectivity index (χ3n) is 8.10. The zero-order valence-corrected chi connectivity index (χ0v) is 28.3. The van der Waals surface area contributed by atoms with E-state index in [9.17, 15) is 0 Å². The standard InChI is InChI=1S/C27H18N3.C14H14N.Ir/c1-3-9-21(10-4-1)28-17-18-29(20-28)23-15-16-25-24-13-7-8-14-26(24)30(27(25)19-23)22-11-5-2-6-12-22;1-10-4-6-13(7-5-10)14-8-11(2)12(3)9-15-14;/h1-14,16-19H;4-6,8-9H,1-3H3;/q+1;-1;. The molecule has 5 aromatic carbocycles. The minimum atomic E-state index is 0. The first-order valence-electron chi connectivity index (χ1n) is 15.1. The fraction of sp³-hybridized carbons (Fsp3) is 0.0732. The predicted molar refractivity (Wildman–Crippen MR) is 183 cm³/mol. The Labute approximate surface area is 283 Å². The van der Waals surface area contributed by atoms with Gasteiger partial charge in [0.1, 0.15) is 5.69 Å². The SMILES string of the molecule is C1=[N+](c2[c-]cc3c4ccccc4n(-c4ccccc4)c3c2)C=C[N+]=1c1ccccc1.Cc1c[c-]c(-c2cc(C)c(C)cn2)cc1.[Ir]. The van der Waals surface area contributed by atoms with Crippen molar-refractivity contribution in [3.05, 3.63) is 169 Å². The van der Waals surface area contributed by atoms with Crippen LogP contribution >= 0.6 is 0 Å². The minimum absolute atomic E-state index is 0. The summed E-state index contributed by atoms with van der Waals surface area (Å²) < 4.78 is 6.29. The van der Waals surface area contributed by atoms with Crippen molar-refractivity contribution in [1.82, 2.24) is 9.55 Å². The molecule has 0 fully saturated rings. The third kappa shape index (κ3) is 6.18. The summed E-state index contributed by atoms with van der Waals surface area (Å²) in [6, 6.07) is 51.9. The Hall–Kier alpha value is -5.18. The van der Waals surface area contributed by atoms with Gasteiger partial charge in [-0.1, -0.05) is 88.4 Å². The number of para-hydroxylation sites is 3. The van der Waals surface area contributed by atoms with Crippen LogP contribution in [0.1, 0.15) is 16.7 Å². The fourth-order valence-electron chi connectivity index (χ4n) is 5.51. The van der Waals surface area contributed by atoms with E-state index in [1.54, 1.807) is 0 Å². The first-order chi connectivity index (χ1) is 22.0. The van der Waals surface area contributed by atoms with Crippen LogP contribution in [0, 0.1) is 32.9 Å². The molecule has 0 spiro atoms. The Morgan fingerprint density at radius 2 is 1.37 bits per heavy atom. The predicted octanol–water partition coefficient (Wildman–Crippen LogP) is 9.70. The van der Waals surface area contributed by atoms with Gasteiger partial charge >= 0.3 is 6.01 Å². The summed E-state index contributed by atoms with van der Waals surface area (Å²) in [6.45, 7) is 6.24. The monoisotopic (exact) mass is 773 g/mol. The number of benzene rings is 5. The van der Waals surface area contributed by atoms with Crippen LogP contribution in [0.15, 0.2) is 140 Å². The average Bonchev–Trinajstić information content (AvgIpc) is 3.71. The number of aryl methyl sites for hydroxylation is 3. The molecule has 225 valence electrons. The molecule has 3 heterocycles. The molecular formula is C41H32IrN4. The molecule has 0 N–H and O–H groups in total. The zero-order valence-electron chi connectivity index (χ0n) is 25.9. The summed E-state index contributed by atoms with van der Waals surface area (Å²) in [5, 5.41) is 2.43. The Kier molecular flexibility index (Phi) is 9.01. The average molecular weight is 773 g/mol. The molecule has 8 rings (SSSR count). The van der Waals surface area contributed by atoms with Gasteiger partial charge in [0.05, 0.1) is 0 Å². The van der Waals surface area contributed by atoms with Gasteiger partial charge < -0.3 is 9.55 Å². The van der Waals surface area contributed by atoms with Gasteiger partial charge in [0.25, 0.3) is 12.4 Å². The normalized spacial score (nSPS) is 11.9. The molecule has 5 heteroatoms. The summed E-state index contributed by atoms with van der Waals surface area (Å²) in [7, 11) is 0. The van der Waals surface area contributed by atoms with Crippen molar-refractivity contribution in [2.75, 3.05) is 0 Å². The third-order valence-corrected chi connectivity index (χ3v) is 8.10. The molecule has 0 aliphatic carbocycles. The van der Waals surface area contributed by atoms with Crippen molar-refractivity contribution in [2.24, 2.45) is 0 Å². The van der Waals surface area contributed by atoms with Crippen LogP contribution in [0.2, 0.25) is 0 Å². The second kappa shape index (κ2) is 13.4. The van der Waals surface area contributed by atoms with Crippen LogP contribution in [0.5, 0.6) is 0 Å². The van der Waals surface area contributed by atoms with E-state index >= 15 is 0 Å². The molecular weight excluding hydrogens is 741 g/mol. The van der Waals surface area contributed by atoms with Crippen LogP contribution in [-0.4, -0.2) is 24.7 Å². The molecule has 1 aliphatic heterocycles. The quantitative estimate of drug-likeness (QED) is 0.129. The van der Waals surface area contributed by atoms with Gasteiger partial charge in [-0.3, -0.25) is 0 Å². The number of fused-ring (bicyclic) bond motifs is 3. The smallest absolute Gasteiger partial charge is 0.334 e. The number of rotatable bonds is 4. The van der Waals surface area contributed by atoms with E-state index in [1.807, 2.05) is 58.1 Å². The van der Waals surface area contributed by atoms with Crippen LogP contribution in [0.25, 0.3) is 38.8 Å². The van der Waals surface area contributed by atoms with Gasteiger partial charge in [-0.2, -0.15) is 6.07 Å². The Bertz CT molecular complexity index is 2260. The maximum absolute atomic E-state index is 4.41. The molecule has 2 aromatic heterocycles. The van der Waals surface area contributed by atoms with E-state index in [-0.39, 0.29) is 20.1 Å². The van der Waals surface area contributed by atoms with Crippen molar-refractivity contribution in [3.63, 3.8) is 0 Å². The van der Waals surface area contributed by atoms with Gasteiger partial charge in [0, 0.05) is 49.6 Å². The van der Waals surface area contributed by atoms with E-state index in [0.29, 0.717) is 0 Å². The summed E-state index contributed by atoms with van der Waals surface area (Å²) in [5.41, 5.74) is 11.3. The van der Waals surface area contributed by atoms with E-state index in [4.69, 9.17) is 0 Å². The number of pyridine rings is 1. The van der Waals surface area contributed by atoms with Crippen LogP contribution < -0.4 is 0 Å². The molecule has 1 aliphatic rings. The first kappa shape index (κ1) is 30.8. The molecule has 0 saturated heterocycles. The topological polar surface area (TPSA) is 23.8 Å². The van der Waals surface area contributed by atoms with Crippen LogP contribution in [0.4, 0.5) is 11.4 Å². The van der Waals surface area contributed by atoms with Crippen molar-refractivity contribution in [3.8, 4) is 16.9 Å². The molecule has 0 atom stereocenters. The Balaban J connectivity index is 0.000000197. The van der Waals surface area contributed by atoms with Gasteiger partial charge in [-0.25, -0.2) is 0 Å². The second-order valence-electron chi connectivity index (χ2n) is 11.2. The molecule has 0 amide bonds. The van der Waals surface area contributed by atoms with Crippen molar-refractivity contribution in [2.45, 2.75) is 20.8 Å². The Morgan fingerprint density at radius 3 is 2.11 bits per heavy atom. The Morgan fingerprint density at radius 1 is 0.652 bits per heavy atom. The maximum Gasteiger partial charge on any atom is 0.499 e. The van der Waals surface area contributed by atoms with Gasteiger partial charge in [-0.15, -0.1) is 46.8 Å². The van der Waals surface area contributed by atoms with E-state index in [0.717, 1.165) is 33.8 Å². The summed E-state index contributed by atoms with van der Waals surface area (Å²) in [4.78, 5) is 4.41. The fourth-order valence-corrected chi connectivity index (χ4v) is 5.51. The molecule has 0 unspecified atom stereocenters. The van der Waals surface area contributed by atoms with E-state index < -0.39 is 0 Å². The van der Waals surface area contributed by atoms with Crippen molar-refractivity contribution in [1.29, 1.82) is 0 Å². The minimum Gasteiger partial charge on any atom is -0.334 e. The van der Waals surface area contributed by atoms with Crippen molar-refractivity contribution < 1.29 is 29.3 Å². The molecule has 7 aromatic rings.